The Kier molecular flexibility index (Phi) is 4.39. The van der Waals surface area contributed by atoms with Gasteiger partial charge in [0.25, 0.3) is 0 Å². The highest BCUT2D eigenvalue weighted by atomic mass is 16.5. The van der Waals surface area contributed by atoms with Gasteiger partial charge in [0.2, 0.25) is 5.89 Å². The third-order valence-electron chi connectivity index (χ3n) is 3.89. The molecule has 5 heteroatoms. The average Bonchev–Trinajstić information content (AvgIpc) is 3.10. The Bertz CT molecular complexity index is 784. The molecule has 0 spiro atoms. The molecule has 0 aliphatic heterocycles. The summed E-state index contributed by atoms with van der Waals surface area (Å²) in [5.41, 5.74) is 1.72. The molecule has 1 atom stereocenters. The second-order valence-corrected chi connectivity index (χ2v) is 5.61. The van der Waals surface area contributed by atoms with E-state index in [0.717, 1.165) is 33.9 Å². The van der Waals surface area contributed by atoms with Crippen LogP contribution in [0.4, 0.5) is 0 Å². The van der Waals surface area contributed by atoms with Crippen LogP contribution in [0.15, 0.2) is 33.1 Å². The number of nitrogens with zero attached hydrogens (tertiary/aromatic N) is 1. The minimum absolute atomic E-state index is 0.0457. The summed E-state index contributed by atoms with van der Waals surface area (Å²) in [7, 11) is 0. The van der Waals surface area contributed by atoms with E-state index in [0.29, 0.717) is 19.0 Å². The number of oxazole rings is 1. The molecule has 0 radical (unpaired) electrons. The van der Waals surface area contributed by atoms with Crippen LogP contribution in [0.2, 0.25) is 0 Å². The van der Waals surface area contributed by atoms with Gasteiger partial charge in [0.15, 0.2) is 11.3 Å². The zero-order valence-electron chi connectivity index (χ0n) is 14.0. The first-order valence-corrected chi connectivity index (χ1v) is 7.90. The van der Waals surface area contributed by atoms with Crippen molar-refractivity contribution in [2.24, 2.45) is 0 Å². The molecule has 1 N–H and O–H groups in total. The van der Waals surface area contributed by atoms with E-state index < -0.39 is 0 Å². The van der Waals surface area contributed by atoms with Crippen LogP contribution < -0.4 is 10.1 Å². The number of aromatic nitrogens is 1. The zero-order valence-corrected chi connectivity index (χ0v) is 14.0. The Morgan fingerprint density at radius 3 is 2.78 bits per heavy atom. The maximum atomic E-state index is 5.99. The van der Waals surface area contributed by atoms with Crippen LogP contribution in [0.25, 0.3) is 11.0 Å². The summed E-state index contributed by atoms with van der Waals surface area (Å²) in [4.78, 5) is 4.38. The van der Waals surface area contributed by atoms with Gasteiger partial charge < -0.3 is 13.6 Å². The molecule has 0 fully saturated rings. The maximum Gasteiger partial charge on any atom is 0.208 e. The SMILES string of the molecule is CCOc1cccc2cc([C@@H](C)NCc3nc(C)c(C)o3)oc12. The molecule has 1 aromatic carbocycles. The number of nitrogens with one attached hydrogen (secondary N) is 1. The van der Waals surface area contributed by atoms with Crippen LogP contribution in [-0.4, -0.2) is 11.6 Å². The number of benzene rings is 1. The molecule has 2 aromatic heterocycles. The lowest BCUT2D eigenvalue weighted by Crippen LogP contribution is -2.17. The second kappa shape index (κ2) is 6.46. The van der Waals surface area contributed by atoms with Crippen molar-refractivity contribution in [3.8, 4) is 5.75 Å². The van der Waals surface area contributed by atoms with Gasteiger partial charge in [-0.2, -0.15) is 0 Å². The number of ether oxygens (including phenoxy) is 1. The van der Waals surface area contributed by atoms with Crippen molar-refractivity contribution in [1.29, 1.82) is 0 Å². The minimum atomic E-state index is 0.0457. The summed E-state index contributed by atoms with van der Waals surface area (Å²) < 4.78 is 17.2. The highest BCUT2D eigenvalue weighted by molar-refractivity contribution is 5.83. The molecule has 0 amide bonds. The number of aryl methyl sites for hydroxylation is 2. The molecule has 0 unspecified atom stereocenters. The smallest absolute Gasteiger partial charge is 0.208 e. The fourth-order valence-electron chi connectivity index (χ4n) is 2.49. The minimum Gasteiger partial charge on any atom is -0.490 e. The molecule has 0 aliphatic rings. The van der Waals surface area contributed by atoms with E-state index in [2.05, 4.69) is 17.2 Å². The monoisotopic (exact) mass is 314 g/mol. The van der Waals surface area contributed by atoms with Crippen molar-refractivity contribution < 1.29 is 13.6 Å². The molecular weight excluding hydrogens is 292 g/mol. The van der Waals surface area contributed by atoms with E-state index in [4.69, 9.17) is 13.6 Å². The quantitative estimate of drug-likeness (QED) is 0.735. The molecule has 0 bridgehead atoms. The third kappa shape index (κ3) is 3.24. The predicted octanol–water partition coefficient (Wildman–Crippen LogP) is 4.29. The summed E-state index contributed by atoms with van der Waals surface area (Å²) in [6.07, 6.45) is 0. The van der Waals surface area contributed by atoms with Gasteiger partial charge in [0, 0.05) is 5.39 Å². The predicted molar refractivity (Wildman–Crippen MR) is 88.6 cm³/mol. The van der Waals surface area contributed by atoms with Crippen LogP contribution in [0.1, 0.15) is 43.0 Å². The fourth-order valence-corrected chi connectivity index (χ4v) is 2.49. The van der Waals surface area contributed by atoms with Crippen molar-refractivity contribution in [2.75, 3.05) is 6.61 Å². The van der Waals surface area contributed by atoms with Gasteiger partial charge >= 0.3 is 0 Å². The molecule has 0 saturated heterocycles. The third-order valence-corrected chi connectivity index (χ3v) is 3.89. The summed E-state index contributed by atoms with van der Waals surface area (Å²) in [6, 6.07) is 8.02. The van der Waals surface area contributed by atoms with E-state index in [-0.39, 0.29) is 6.04 Å². The molecule has 3 aromatic rings. The summed E-state index contributed by atoms with van der Waals surface area (Å²) in [5.74, 6) is 3.20. The largest absolute Gasteiger partial charge is 0.490 e. The molecule has 0 aliphatic carbocycles. The fraction of sp³-hybridized carbons (Fsp3) is 0.389. The first-order chi connectivity index (χ1) is 11.1. The average molecular weight is 314 g/mol. The van der Waals surface area contributed by atoms with E-state index in [1.807, 2.05) is 45.0 Å². The lowest BCUT2D eigenvalue weighted by atomic mass is 10.2. The number of hydrogen-bond donors (Lipinski definition) is 1. The number of furan rings is 1. The van der Waals surface area contributed by atoms with Crippen LogP contribution in [-0.2, 0) is 6.54 Å². The number of rotatable bonds is 6. The lowest BCUT2D eigenvalue weighted by Gasteiger charge is -2.09. The van der Waals surface area contributed by atoms with Crippen molar-refractivity contribution >= 4 is 11.0 Å². The normalized spacial score (nSPS) is 12.7. The first-order valence-electron chi connectivity index (χ1n) is 7.90. The van der Waals surface area contributed by atoms with E-state index in [1.54, 1.807) is 0 Å². The molecule has 122 valence electrons. The number of hydrogen-bond acceptors (Lipinski definition) is 5. The van der Waals surface area contributed by atoms with Gasteiger partial charge in [0.05, 0.1) is 24.9 Å². The van der Waals surface area contributed by atoms with Crippen LogP contribution in [0, 0.1) is 13.8 Å². The van der Waals surface area contributed by atoms with Crippen LogP contribution in [0.5, 0.6) is 5.75 Å². The summed E-state index contributed by atoms with van der Waals surface area (Å²) in [6.45, 7) is 9.06. The molecule has 3 rings (SSSR count). The number of para-hydroxylation sites is 1. The lowest BCUT2D eigenvalue weighted by molar-refractivity contribution is 0.335. The van der Waals surface area contributed by atoms with Crippen molar-refractivity contribution in [2.45, 2.75) is 40.3 Å². The molecule has 5 nitrogen and oxygen atoms in total. The van der Waals surface area contributed by atoms with Gasteiger partial charge in [-0.1, -0.05) is 12.1 Å². The van der Waals surface area contributed by atoms with Crippen LogP contribution in [0.3, 0.4) is 0 Å². The highest BCUT2D eigenvalue weighted by Gasteiger charge is 2.15. The Balaban J connectivity index is 1.75. The van der Waals surface area contributed by atoms with Gasteiger partial charge in [-0.15, -0.1) is 0 Å². The Labute approximate surface area is 135 Å². The summed E-state index contributed by atoms with van der Waals surface area (Å²) in [5, 5.41) is 4.42. The van der Waals surface area contributed by atoms with Gasteiger partial charge in [-0.25, -0.2) is 4.98 Å². The van der Waals surface area contributed by atoms with Gasteiger partial charge in [-0.3, -0.25) is 5.32 Å². The molecule has 0 saturated carbocycles. The van der Waals surface area contributed by atoms with Gasteiger partial charge in [-0.05, 0) is 39.8 Å². The topological polar surface area (TPSA) is 60.4 Å². The van der Waals surface area contributed by atoms with E-state index >= 15 is 0 Å². The zero-order chi connectivity index (χ0) is 16.4. The van der Waals surface area contributed by atoms with E-state index in [9.17, 15) is 0 Å². The molecular formula is C18H22N2O3. The first kappa shape index (κ1) is 15.6. The van der Waals surface area contributed by atoms with Crippen molar-refractivity contribution in [1.82, 2.24) is 10.3 Å². The van der Waals surface area contributed by atoms with Crippen molar-refractivity contribution in [3.63, 3.8) is 0 Å². The van der Waals surface area contributed by atoms with Gasteiger partial charge in [0.1, 0.15) is 11.5 Å². The summed E-state index contributed by atoms with van der Waals surface area (Å²) >= 11 is 0. The Morgan fingerprint density at radius 2 is 2.09 bits per heavy atom. The van der Waals surface area contributed by atoms with E-state index in [1.165, 1.54) is 0 Å². The van der Waals surface area contributed by atoms with Crippen molar-refractivity contribution in [3.05, 3.63) is 47.4 Å². The number of fused-ring (bicyclic) bond motifs is 1. The maximum absolute atomic E-state index is 5.99. The Hall–Kier alpha value is -2.27. The highest BCUT2D eigenvalue weighted by Crippen LogP contribution is 2.31. The van der Waals surface area contributed by atoms with Crippen LogP contribution >= 0.6 is 0 Å². The standard InChI is InChI=1S/C18H22N2O3/c1-5-21-15-8-6-7-14-9-16(23-18(14)15)12(3)19-10-17-20-11(2)13(4)22-17/h6-9,12,19H,5,10H2,1-4H3/t12-/m1/s1. The Morgan fingerprint density at radius 1 is 1.26 bits per heavy atom. The molecule has 23 heavy (non-hydrogen) atoms. The molecule has 2 heterocycles. The second-order valence-electron chi connectivity index (χ2n) is 5.61.